The Hall–Kier alpha value is -6.44. The standard InChI is InChI=1S/C36H36F3N5O9/c1-20(2)30(32(48)36(37,38)39)43-35(51)31(23-7-11-25(52-3)12-8-23)44-34(50)27(16-21-5-4-6-22(15-21)17-40)42-33(49)24-9-13-26(14-10-24)53-19-28(45)41-18-29(46)47/h4-15,20,27,30-31H,16,18-19H2,1-3H3,(H,41,45)(H,42,49)(H,43,51)(H,44,50)(H,46,47)/t27-,30-,31-/m0/s1. The highest BCUT2D eigenvalue weighted by Gasteiger charge is 2.45. The molecule has 0 aliphatic heterocycles. The number of carboxylic acid groups (broad SMARTS) is 1. The molecule has 0 bridgehead atoms. The van der Waals surface area contributed by atoms with E-state index in [1.165, 1.54) is 81.6 Å². The highest BCUT2D eigenvalue weighted by Crippen LogP contribution is 2.24. The van der Waals surface area contributed by atoms with Gasteiger partial charge in [0.05, 0.1) is 24.8 Å². The van der Waals surface area contributed by atoms with Crippen molar-refractivity contribution in [1.82, 2.24) is 21.3 Å². The van der Waals surface area contributed by atoms with Crippen LogP contribution >= 0.6 is 0 Å². The van der Waals surface area contributed by atoms with Crippen LogP contribution < -0.4 is 30.7 Å². The Morgan fingerprint density at radius 3 is 2.08 bits per heavy atom. The number of ketones is 1. The third-order valence-corrected chi connectivity index (χ3v) is 7.57. The summed E-state index contributed by atoms with van der Waals surface area (Å²) in [7, 11) is 1.38. The van der Waals surface area contributed by atoms with Gasteiger partial charge in [-0.2, -0.15) is 18.4 Å². The van der Waals surface area contributed by atoms with Crippen LogP contribution in [0.2, 0.25) is 0 Å². The number of carboxylic acids is 1. The third-order valence-electron chi connectivity index (χ3n) is 7.57. The lowest BCUT2D eigenvalue weighted by molar-refractivity contribution is -0.175. The number of hydrogen-bond donors (Lipinski definition) is 5. The smallest absolute Gasteiger partial charge is 0.452 e. The first kappa shape index (κ1) is 41.0. The molecule has 280 valence electrons. The normalized spacial score (nSPS) is 12.6. The molecule has 0 saturated heterocycles. The summed E-state index contributed by atoms with van der Waals surface area (Å²) in [5.74, 6) is -7.42. The Labute approximate surface area is 301 Å². The van der Waals surface area contributed by atoms with Gasteiger partial charge in [0.2, 0.25) is 11.8 Å². The summed E-state index contributed by atoms with van der Waals surface area (Å²) in [6.07, 6.45) is -5.45. The maximum Gasteiger partial charge on any atom is 0.452 e. The monoisotopic (exact) mass is 739 g/mol. The van der Waals surface area contributed by atoms with Crippen LogP contribution in [0.4, 0.5) is 13.2 Å². The van der Waals surface area contributed by atoms with Crippen molar-refractivity contribution in [3.63, 3.8) is 0 Å². The number of methoxy groups -OCH3 is 1. The van der Waals surface area contributed by atoms with E-state index >= 15 is 0 Å². The molecule has 0 heterocycles. The molecule has 14 nitrogen and oxygen atoms in total. The van der Waals surface area contributed by atoms with Crippen LogP contribution in [0.3, 0.4) is 0 Å². The quantitative estimate of drug-likeness (QED) is 0.137. The van der Waals surface area contributed by atoms with Gasteiger partial charge in [-0.15, -0.1) is 0 Å². The van der Waals surface area contributed by atoms with E-state index in [9.17, 15) is 47.2 Å². The average molecular weight is 740 g/mol. The number of alkyl halides is 3. The van der Waals surface area contributed by atoms with Crippen molar-refractivity contribution in [2.24, 2.45) is 5.92 Å². The minimum atomic E-state index is -5.25. The zero-order valence-corrected chi connectivity index (χ0v) is 28.7. The maximum atomic E-state index is 14.0. The number of nitriles is 1. The van der Waals surface area contributed by atoms with Crippen LogP contribution in [0.25, 0.3) is 0 Å². The van der Waals surface area contributed by atoms with Crippen molar-refractivity contribution >= 4 is 35.4 Å². The third kappa shape index (κ3) is 12.4. The lowest BCUT2D eigenvalue weighted by Gasteiger charge is -2.27. The fourth-order valence-corrected chi connectivity index (χ4v) is 4.82. The van der Waals surface area contributed by atoms with Crippen LogP contribution in [0, 0.1) is 17.2 Å². The number of Topliss-reactive ketones (excluding diaryl/α,β-unsaturated/α-hetero) is 1. The minimum Gasteiger partial charge on any atom is -0.497 e. The van der Waals surface area contributed by atoms with Gasteiger partial charge in [-0.1, -0.05) is 38.1 Å². The molecule has 0 aliphatic carbocycles. The fourth-order valence-electron chi connectivity index (χ4n) is 4.82. The topological polar surface area (TPSA) is 213 Å². The summed E-state index contributed by atoms with van der Waals surface area (Å²) in [5.41, 5.74) is 0.841. The first-order valence-corrected chi connectivity index (χ1v) is 15.9. The molecule has 3 aromatic carbocycles. The Kier molecular flexibility index (Phi) is 14.5. The van der Waals surface area contributed by atoms with E-state index < -0.39 is 78.8 Å². The van der Waals surface area contributed by atoms with Gasteiger partial charge in [0, 0.05) is 12.0 Å². The van der Waals surface area contributed by atoms with Crippen molar-refractivity contribution in [2.45, 2.75) is 44.6 Å². The molecule has 0 saturated carbocycles. The van der Waals surface area contributed by atoms with Crippen molar-refractivity contribution in [1.29, 1.82) is 5.26 Å². The molecule has 0 spiro atoms. The van der Waals surface area contributed by atoms with E-state index in [0.717, 1.165) is 0 Å². The molecular weight excluding hydrogens is 703 g/mol. The second-order valence-corrected chi connectivity index (χ2v) is 11.8. The zero-order chi connectivity index (χ0) is 39.3. The van der Waals surface area contributed by atoms with E-state index in [1.54, 1.807) is 12.1 Å². The number of hydrogen-bond acceptors (Lipinski definition) is 9. The van der Waals surface area contributed by atoms with Gasteiger partial charge >= 0.3 is 12.1 Å². The number of amides is 4. The number of nitrogens with one attached hydrogen (secondary N) is 4. The molecule has 0 radical (unpaired) electrons. The molecule has 3 rings (SSSR count). The van der Waals surface area contributed by atoms with Crippen molar-refractivity contribution in [2.75, 3.05) is 20.3 Å². The molecule has 3 atom stereocenters. The SMILES string of the molecule is COc1ccc([C@H](NC(=O)[C@H](Cc2cccc(C#N)c2)NC(=O)c2ccc(OCC(=O)NCC(=O)O)cc2)C(=O)N[C@H](C(=O)C(F)(F)F)C(C)C)cc1. The number of ether oxygens (including phenoxy) is 2. The van der Waals surface area contributed by atoms with Gasteiger partial charge in [-0.3, -0.25) is 28.8 Å². The van der Waals surface area contributed by atoms with Crippen molar-refractivity contribution in [3.05, 3.63) is 95.1 Å². The summed E-state index contributed by atoms with van der Waals surface area (Å²) in [5, 5.41) is 27.4. The summed E-state index contributed by atoms with van der Waals surface area (Å²) in [4.78, 5) is 75.5. The Balaban J connectivity index is 1.91. The summed E-state index contributed by atoms with van der Waals surface area (Å²) < 4.78 is 50.7. The number of aliphatic carboxylic acids is 1. The molecular formula is C36H36F3N5O9. The molecule has 0 fully saturated rings. The van der Waals surface area contributed by atoms with Gasteiger partial charge in [0.15, 0.2) is 6.61 Å². The number of rotatable bonds is 17. The lowest BCUT2D eigenvalue weighted by atomic mass is 9.97. The lowest BCUT2D eigenvalue weighted by Crippen LogP contribution is -2.55. The van der Waals surface area contributed by atoms with Crippen LogP contribution in [-0.4, -0.2) is 79.0 Å². The summed E-state index contributed by atoms with van der Waals surface area (Å²) >= 11 is 0. The van der Waals surface area contributed by atoms with E-state index in [1.807, 2.05) is 6.07 Å². The van der Waals surface area contributed by atoms with E-state index in [2.05, 4.69) is 21.3 Å². The van der Waals surface area contributed by atoms with Crippen LogP contribution in [-0.2, 0) is 30.4 Å². The predicted molar refractivity (Wildman–Crippen MR) is 180 cm³/mol. The number of benzene rings is 3. The van der Waals surface area contributed by atoms with Gasteiger partial charge in [-0.25, -0.2) is 0 Å². The largest absolute Gasteiger partial charge is 0.497 e. The number of nitrogens with zero attached hydrogens (tertiary/aromatic N) is 1. The molecule has 0 aliphatic rings. The number of carbonyl (C=O) groups is 6. The first-order chi connectivity index (χ1) is 25.0. The first-order valence-electron chi connectivity index (χ1n) is 15.9. The van der Waals surface area contributed by atoms with Gasteiger partial charge < -0.3 is 35.8 Å². The van der Waals surface area contributed by atoms with Crippen molar-refractivity contribution in [3.8, 4) is 17.6 Å². The zero-order valence-electron chi connectivity index (χ0n) is 28.7. The molecule has 3 aromatic rings. The maximum absolute atomic E-state index is 14.0. The minimum absolute atomic E-state index is 0.0335. The Bertz CT molecular complexity index is 1840. The summed E-state index contributed by atoms with van der Waals surface area (Å²) in [6.45, 7) is 1.52. The second kappa shape index (κ2) is 18.7. The highest BCUT2D eigenvalue weighted by atomic mass is 19.4. The van der Waals surface area contributed by atoms with Crippen LogP contribution in [0.5, 0.6) is 11.5 Å². The van der Waals surface area contributed by atoms with Crippen molar-refractivity contribution < 1.29 is 56.5 Å². The number of halogens is 3. The molecule has 17 heteroatoms. The summed E-state index contributed by atoms with van der Waals surface area (Å²) in [6, 6.07) is 14.1. The highest BCUT2D eigenvalue weighted by molar-refractivity contribution is 5.99. The van der Waals surface area contributed by atoms with Crippen LogP contribution in [0.15, 0.2) is 72.8 Å². The fraction of sp³-hybridized carbons (Fsp3) is 0.306. The predicted octanol–water partition coefficient (Wildman–Crippen LogP) is 2.62. The Morgan fingerprint density at radius 1 is 0.868 bits per heavy atom. The number of carbonyl (C=O) groups excluding carboxylic acids is 5. The van der Waals surface area contributed by atoms with Gasteiger partial charge in [-0.05, 0) is 65.6 Å². The van der Waals surface area contributed by atoms with Gasteiger partial charge in [0.1, 0.15) is 30.1 Å². The average Bonchev–Trinajstić information content (AvgIpc) is 3.13. The Morgan fingerprint density at radius 2 is 1.51 bits per heavy atom. The molecule has 0 unspecified atom stereocenters. The second-order valence-electron chi connectivity index (χ2n) is 11.8. The van der Waals surface area contributed by atoms with E-state index in [-0.39, 0.29) is 28.9 Å². The molecule has 5 N–H and O–H groups in total. The molecule has 53 heavy (non-hydrogen) atoms. The van der Waals surface area contributed by atoms with E-state index in [4.69, 9.17) is 14.6 Å². The van der Waals surface area contributed by atoms with Crippen LogP contribution in [0.1, 0.15) is 46.9 Å². The molecule has 4 amide bonds. The van der Waals surface area contributed by atoms with Gasteiger partial charge in [0.25, 0.3) is 17.6 Å². The molecule has 0 aromatic heterocycles. The van der Waals surface area contributed by atoms with E-state index in [0.29, 0.717) is 11.3 Å².